The summed E-state index contributed by atoms with van der Waals surface area (Å²) in [5.74, 6) is 0. The molecule has 1 aliphatic heterocycles. The Labute approximate surface area is 110 Å². The minimum absolute atomic E-state index is 0.0270. The van der Waals surface area contributed by atoms with Crippen LogP contribution >= 0.6 is 0 Å². The second-order valence-corrected chi connectivity index (χ2v) is 7.73. The average Bonchev–Trinajstić information content (AvgIpc) is 2.30. The second-order valence-electron chi connectivity index (χ2n) is 4.24. The van der Waals surface area contributed by atoms with Crippen molar-refractivity contribution in [1.29, 1.82) is 0 Å². The maximum atomic E-state index is 5.89. The summed E-state index contributed by atoms with van der Waals surface area (Å²) in [6, 6.07) is 0. The quantitative estimate of drug-likeness (QED) is 0.523. The Balaban J connectivity index is 2.16. The molecule has 2 atom stereocenters. The van der Waals surface area contributed by atoms with Gasteiger partial charge in [-0.15, -0.1) is 0 Å². The Hall–Kier alpha value is 0.450. The first-order valence-electron chi connectivity index (χ1n) is 6.32. The third-order valence-corrected chi connectivity index (χ3v) is 6.14. The van der Waals surface area contributed by atoms with Gasteiger partial charge in [0, 0.05) is 0 Å². The molecule has 1 aliphatic rings. The van der Waals surface area contributed by atoms with E-state index in [-0.39, 0.29) is 33.3 Å². The molecule has 1 heterocycles. The fourth-order valence-corrected chi connectivity index (χ4v) is 4.40. The van der Waals surface area contributed by atoms with Crippen LogP contribution in [0.25, 0.3) is 0 Å². The molecule has 0 aromatic rings. The Bertz CT molecular complexity index is 200. The van der Waals surface area contributed by atoms with Gasteiger partial charge in [-0.05, 0) is 0 Å². The second kappa shape index (κ2) is 8.53. The van der Waals surface area contributed by atoms with Crippen LogP contribution in [0.3, 0.4) is 0 Å². The van der Waals surface area contributed by atoms with Crippen molar-refractivity contribution in [2.45, 2.75) is 62.8 Å². The van der Waals surface area contributed by atoms with Gasteiger partial charge in [0.25, 0.3) is 0 Å². The standard InChI is InChI=1S/C13H24O2Te/c1-4-5-10-16-12(3)11(2)15-13-8-6-7-9-14-13/h11,13H,3-10H2,1-2H3. The van der Waals surface area contributed by atoms with E-state index in [9.17, 15) is 0 Å². The van der Waals surface area contributed by atoms with Crippen molar-refractivity contribution in [2.24, 2.45) is 0 Å². The van der Waals surface area contributed by atoms with Gasteiger partial charge in [-0.3, -0.25) is 0 Å². The van der Waals surface area contributed by atoms with Crippen LogP contribution in [0.4, 0.5) is 0 Å². The van der Waals surface area contributed by atoms with Crippen LogP contribution in [0.5, 0.6) is 0 Å². The van der Waals surface area contributed by atoms with Crippen molar-refractivity contribution in [2.75, 3.05) is 6.61 Å². The summed E-state index contributed by atoms with van der Waals surface area (Å²) < 4.78 is 14.2. The Morgan fingerprint density at radius 3 is 3.00 bits per heavy atom. The Kier molecular flexibility index (Phi) is 7.73. The summed E-state index contributed by atoms with van der Waals surface area (Å²) in [5, 5.41) is 0. The molecule has 0 N–H and O–H groups in total. The molecular weight excluding hydrogens is 316 g/mol. The van der Waals surface area contributed by atoms with E-state index in [4.69, 9.17) is 9.47 Å². The fourth-order valence-electron chi connectivity index (χ4n) is 1.59. The van der Waals surface area contributed by atoms with Gasteiger partial charge in [0.15, 0.2) is 0 Å². The van der Waals surface area contributed by atoms with Crippen LogP contribution in [0, 0.1) is 0 Å². The summed E-state index contributed by atoms with van der Waals surface area (Å²) in [5.41, 5.74) is 0. The SMILES string of the molecule is C=C([Te]CCCC)C(C)OC1CCCCO1. The monoisotopic (exact) mass is 342 g/mol. The van der Waals surface area contributed by atoms with Crippen LogP contribution in [0.2, 0.25) is 4.47 Å². The van der Waals surface area contributed by atoms with Crippen molar-refractivity contribution in [3.05, 3.63) is 10.2 Å². The van der Waals surface area contributed by atoms with E-state index in [2.05, 4.69) is 20.4 Å². The van der Waals surface area contributed by atoms with Gasteiger partial charge < -0.3 is 0 Å². The summed E-state index contributed by atoms with van der Waals surface area (Å²) in [6.45, 7) is 9.39. The third-order valence-electron chi connectivity index (χ3n) is 2.73. The molecule has 0 aliphatic carbocycles. The molecule has 94 valence electrons. The topological polar surface area (TPSA) is 18.5 Å². The predicted octanol–water partition coefficient (Wildman–Crippen LogP) is 3.35. The van der Waals surface area contributed by atoms with Crippen molar-refractivity contribution >= 4 is 20.9 Å². The molecule has 2 unspecified atom stereocenters. The summed E-state index contributed by atoms with van der Waals surface area (Å²) in [4.78, 5) is 0. The molecular formula is C13H24O2Te. The summed E-state index contributed by atoms with van der Waals surface area (Å²) in [7, 11) is 0. The molecule has 0 aromatic heterocycles. The molecule has 0 bridgehead atoms. The van der Waals surface area contributed by atoms with Crippen LogP contribution in [0.1, 0.15) is 46.0 Å². The summed E-state index contributed by atoms with van der Waals surface area (Å²) in [6.07, 6.45) is 6.32. The molecule has 1 fully saturated rings. The molecule has 2 nitrogen and oxygen atoms in total. The van der Waals surface area contributed by atoms with Crippen LogP contribution < -0.4 is 0 Å². The first kappa shape index (κ1) is 14.5. The number of rotatable bonds is 7. The molecule has 0 amide bonds. The van der Waals surface area contributed by atoms with Gasteiger partial charge in [-0.2, -0.15) is 0 Å². The number of hydrogen-bond donors (Lipinski definition) is 0. The van der Waals surface area contributed by atoms with E-state index >= 15 is 0 Å². The Morgan fingerprint density at radius 1 is 1.56 bits per heavy atom. The average molecular weight is 340 g/mol. The van der Waals surface area contributed by atoms with Gasteiger partial charge in [-0.1, -0.05) is 0 Å². The molecule has 0 aromatic carbocycles. The van der Waals surface area contributed by atoms with E-state index in [0.29, 0.717) is 0 Å². The van der Waals surface area contributed by atoms with Crippen molar-refractivity contribution in [3.63, 3.8) is 0 Å². The normalized spacial score (nSPS) is 23.0. The predicted molar refractivity (Wildman–Crippen MR) is 68.7 cm³/mol. The zero-order valence-electron chi connectivity index (χ0n) is 10.5. The minimum atomic E-state index is -0.0656. The molecule has 16 heavy (non-hydrogen) atoms. The number of ether oxygens (including phenoxy) is 2. The third kappa shape index (κ3) is 5.68. The number of hydrogen-bond acceptors (Lipinski definition) is 2. The molecule has 0 spiro atoms. The molecule has 0 radical (unpaired) electrons. The van der Waals surface area contributed by atoms with Crippen LogP contribution in [-0.2, 0) is 9.47 Å². The Morgan fingerprint density at radius 2 is 2.38 bits per heavy atom. The van der Waals surface area contributed by atoms with Crippen LogP contribution in [0.15, 0.2) is 10.2 Å². The maximum absolute atomic E-state index is 5.89. The molecule has 1 saturated heterocycles. The van der Waals surface area contributed by atoms with Crippen molar-refractivity contribution in [1.82, 2.24) is 0 Å². The van der Waals surface area contributed by atoms with E-state index in [1.807, 2.05) is 0 Å². The van der Waals surface area contributed by atoms with E-state index < -0.39 is 0 Å². The van der Waals surface area contributed by atoms with E-state index in [1.54, 1.807) is 0 Å². The van der Waals surface area contributed by atoms with Crippen molar-refractivity contribution < 1.29 is 9.47 Å². The van der Waals surface area contributed by atoms with Gasteiger partial charge >= 0.3 is 110 Å². The van der Waals surface area contributed by atoms with Crippen molar-refractivity contribution in [3.8, 4) is 0 Å². The zero-order valence-corrected chi connectivity index (χ0v) is 12.9. The molecule has 1 rings (SSSR count). The zero-order chi connectivity index (χ0) is 11.8. The van der Waals surface area contributed by atoms with E-state index in [0.717, 1.165) is 13.0 Å². The van der Waals surface area contributed by atoms with Gasteiger partial charge in [0.2, 0.25) is 0 Å². The van der Waals surface area contributed by atoms with E-state index in [1.165, 1.54) is 33.8 Å². The van der Waals surface area contributed by atoms with Crippen LogP contribution in [-0.4, -0.2) is 39.9 Å². The molecule has 0 saturated carbocycles. The van der Waals surface area contributed by atoms with Gasteiger partial charge in [0.05, 0.1) is 0 Å². The number of unbranched alkanes of at least 4 members (excludes halogenated alkanes) is 1. The molecule has 3 heteroatoms. The summed E-state index contributed by atoms with van der Waals surface area (Å²) >= 11 is -0.0656. The fraction of sp³-hybridized carbons (Fsp3) is 0.846. The van der Waals surface area contributed by atoms with Gasteiger partial charge in [-0.25, -0.2) is 0 Å². The van der Waals surface area contributed by atoms with Gasteiger partial charge in [0.1, 0.15) is 0 Å². The first-order chi connectivity index (χ1) is 7.74. The first-order valence-corrected chi connectivity index (χ1v) is 9.14.